The van der Waals surface area contributed by atoms with Crippen LogP contribution in [0.1, 0.15) is 5.56 Å². The van der Waals surface area contributed by atoms with Crippen LogP contribution in [-0.2, 0) is 4.79 Å². The molecule has 2 rings (SSSR count). The Morgan fingerprint density at radius 2 is 1.83 bits per heavy atom. The van der Waals surface area contributed by atoms with E-state index in [2.05, 4.69) is 33.1 Å². The van der Waals surface area contributed by atoms with Gasteiger partial charge >= 0.3 is 0 Å². The molecule has 0 atom stereocenters. The number of carbonyl (C=O) groups excluding carboxylic acids is 1. The summed E-state index contributed by atoms with van der Waals surface area (Å²) < 4.78 is 16.9. The molecular weight excluding hydrogens is 423 g/mol. The van der Waals surface area contributed by atoms with Gasteiger partial charge in [0.15, 0.2) is 6.61 Å². The minimum absolute atomic E-state index is 0.118. The molecular formula is C17H17IN2O4. The van der Waals surface area contributed by atoms with Crippen molar-refractivity contribution in [2.24, 2.45) is 5.10 Å². The van der Waals surface area contributed by atoms with Crippen molar-refractivity contribution < 1.29 is 19.0 Å². The molecule has 0 aliphatic rings. The zero-order valence-electron chi connectivity index (χ0n) is 13.3. The van der Waals surface area contributed by atoms with Gasteiger partial charge in [-0.05, 0) is 65.1 Å². The van der Waals surface area contributed by atoms with Gasteiger partial charge in [-0.3, -0.25) is 4.79 Å². The molecule has 1 N–H and O–H groups in total. The van der Waals surface area contributed by atoms with E-state index < -0.39 is 0 Å². The number of amides is 1. The number of nitrogens with zero attached hydrogens (tertiary/aromatic N) is 1. The molecule has 2 aromatic carbocycles. The lowest BCUT2D eigenvalue weighted by molar-refractivity contribution is -0.123. The van der Waals surface area contributed by atoms with Crippen LogP contribution in [0.15, 0.2) is 47.6 Å². The lowest BCUT2D eigenvalue weighted by Gasteiger charge is -2.07. The second kappa shape index (κ2) is 9.11. The van der Waals surface area contributed by atoms with E-state index in [1.165, 1.54) is 6.21 Å². The first-order valence-electron chi connectivity index (χ1n) is 7.04. The molecule has 0 radical (unpaired) electrons. The van der Waals surface area contributed by atoms with Gasteiger partial charge in [0.2, 0.25) is 0 Å². The van der Waals surface area contributed by atoms with E-state index in [1.807, 2.05) is 12.1 Å². The van der Waals surface area contributed by atoms with Gasteiger partial charge in [0.05, 0.1) is 20.4 Å². The number of halogens is 1. The zero-order chi connectivity index (χ0) is 17.4. The highest BCUT2D eigenvalue weighted by molar-refractivity contribution is 14.1. The molecule has 2 aromatic rings. The fourth-order valence-electron chi connectivity index (χ4n) is 1.83. The number of rotatable bonds is 7. The quantitative estimate of drug-likeness (QED) is 0.409. The van der Waals surface area contributed by atoms with E-state index in [0.717, 1.165) is 3.57 Å². The van der Waals surface area contributed by atoms with E-state index in [9.17, 15) is 4.79 Å². The third kappa shape index (κ3) is 5.41. The molecule has 0 heterocycles. The van der Waals surface area contributed by atoms with Gasteiger partial charge in [-0.15, -0.1) is 0 Å². The lowest BCUT2D eigenvalue weighted by atomic mass is 10.2. The predicted octanol–water partition coefficient (Wildman–Crippen LogP) is 2.84. The monoisotopic (exact) mass is 440 g/mol. The summed E-state index contributed by atoms with van der Waals surface area (Å²) in [4.78, 5) is 11.7. The minimum atomic E-state index is -0.355. The maximum Gasteiger partial charge on any atom is 0.277 e. The highest BCUT2D eigenvalue weighted by Gasteiger charge is 2.04. The normalized spacial score (nSPS) is 10.5. The van der Waals surface area contributed by atoms with E-state index in [0.29, 0.717) is 22.8 Å². The van der Waals surface area contributed by atoms with Gasteiger partial charge in [-0.2, -0.15) is 5.10 Å². The van der Waals surface area contributed by atoms with E-state index >= 15 is 0 Å². The Morgan fingerprint density at radius 3 is 2.50 bits per heavy atom. The molecule has 1 amide bonds. The van der Waals surface area contributed by atoms with Crippen LogP contribution in [0.25, 0.3) is 0 Å². The van der Waals surface area contributed by atoms with Gasteiger partial charge in [0.25, 0.3) is 5.91 Å². The van der Waals surface area contributed by atoms with Crippen molar-refractivity contribution in [2.75, 3.05) is 20.8 Å². The Bertz CT molecular complexity index is 717. The number of hydrazone groups is 1. The van der Waals surface area contributed by atoms with Crippen molar-refractivity contribution in [3.63, 3.8) is 0 Å². The number of hydrogen-bond donors (Lipinski definition) is 1. The summed E-state index contributed by atoms with van der Waals surface area (Å²) >= 11 is 2.20. The Kier molecular flexibility index (Phi) is 6.86. The van der Waals surface area contributed by atoms with Gasteiger partial charge in [-0.25, -0.2) is 5.43 Å². The molecule has 0 aromatic heterocycles. The molecule has 126 valence electrons. The van der Waals surface area contributed by atoms with Crippen LogP contribution >= 0.6 is 22.6 Å². The van der Waals surface area contributed by atoms with Gasteiger partial charge in [-0.1, -0.05) is 0 Å². The summed E-state index contributed by atoms with van der Waals surface area (Å²) in [5.41, 5.74) is 3.10. The Balaban J connectivity index is 1.89. The molecule has 0 saturated carbocycles. The van der Waals surface area contributed by atoms with Crippen molar-refractivity contribution in [1.82, 2.24) is 5.43 Å². The van der Waals surface area contributed by atoms with E-state index in [4.69, 9.17) is 14.2 Å². The summed E-state index contributed by atoms with van der Waals surface area (Å²) in [6.45, 7) is -0.118. The van der Waals surface area contributed by atoms with Crippen LogP contribution in [-0.4, -0.2) is 32.9 Å². The maximum absolute atomic E-state index is 11.7. The highest BCUT2D eigenvalue weighted by atomic mass is 127. The molecule has 0 bridgehead atoms. The molecule has 0 unspecified atom stereocenters. The molecule has 24 heavy (non-hydrogen) atoms. The van der Waals surface area contributed by atoms with Gasteiger partial charge in [0, 0.05) is 9.13 Å². The Morgan fingerprint density at radius 1 is 1.12 bits per heavy atom. The summed E-state index contributed by atoms with van der Waals surface area (Å²) in [5.74, 6) is 1.57. The van der Waals surface area contributed by atoms with Gasteiger partial charge < -0.3 is 14.2 Å². The molecule has 0 spiro atoms. The second-order valence-electron chi connectivity index (χ2n) is 4.64. The minimum Gasteiger partial charge on any atom is -0.497 e. The number of methoxy groups -OCH3 is 2. The van der Waals surface area contributed by atoms with Gasteiger partial charge in [0.1, 0.15) is 17.2 Å². The fraction of sp³-hybridized carbons (Fsp3) is 0.176. The fourth-order valence-corrected chi connectivity index (χ4v) is 2.19. The Labute approximate surface area is 153 Å². The summed E-state index contributed by atoms with van der Waals surface area (Å²) in [6.07, 6.45) is 1.49. The number of hydrogen-bond acceptors (Lipinski definition) is 5. The summed E-state index contributed by atoms with van der Waals surface area (Å²) in [5, 5.41) is 3.91. The number of ether oxygens (including phenoxy) is 3. The standard InChI is InChI=1S/C17H17IN2O4/c1-22-15-7-8-16(23-2)12(9-15)10-19-20-17(21)11-24-14-5-3-13(18)4-6-14/h3-10H,11H2,1-2H3,(H,20,21). The van der Waals surface area contributed by atoms with E-state index in [-0.39, 0.29) is 12.5 Å². The maximum atomic E-state index is 11.7. The lowest BCUT2D eigenvalue weighted by Crippen LogP contribution is -2.24. The van der Waals surface area contributed by atoms with Crippen molar-refractivity contribution >= 4 is 34.7 Å². The van der Waals surface area contributed by atoms with Crippen molar-refractivity contribution in [3.8, 4) is 17.2 Å². The molecule has 0 fully saturated rings. The van der Waals surface area contributed by atoms with E-state index in [1.54, 1.807) is 44.6 Å². The number of nitrogens with one attached hydrogen (secondary N) is 1. The zero-order valence-corrected chi connectivity index (χ0v) is 15.4. The van der Waals surface area contributed by atoms with Crippen LogP contribution < -0.4 is 19.6 Å². The summed E-state index contributed by atoms with van der Waals surface area (Å²) in [7, 11) is 3.14. The molecule has 7 heteroatoms. The third-order valence-electron chi connectivity index (χ3n) is 3.01. The average Bonchev–Trinajstić information content (AvgIpc) is 2.61. The van der Waals surface area contributed by atoms with Crippen molar-refractivity contribution in [3.05, 3.63) is 51.6 Å². The van der Waals surface area contributed by atoms with Crippen LogP contribution in [0, 0.1) is 3.57 Å². The second-order valence-corrected chi connectivity index (χ2v) is 5.89. The van der Waals surface area contributed by atoms with Crippen LogP contribution in [0.4, 0.5) is 0 Å². The first kappa shape index (κ1) is 18.1. The number of benzene rings is 2. The largest absolute Gasteiger partial charge is 0.497 e. The molecule has 6 nitrogen and oxygen atoms in total. The van der Waals surface area contributed by atoms with Crippen LogP contribution in [0.5, 0.6) is 17.2 Å². The molecule has 0 aliphatic heterocycles. The van der Waals surface area contributed by atoms with Crippen molar-refractivity contribution in [2.45, 2.75) is 0 Å². The first-order chi connectivity index (χ1) is 11.6. The highest BCUT2D eigenvalue weighted by Crippen LogP contribution is 2.22. The molecule has 0 aliphatic carbocycles. The third-order valence-corrected chi connectivity index (χ3v) is 3.73. The van der Waals surface area contributed by atoms with Crippen molar-refractivity contribution in [1.29, 1.82) is 0 Å². The predicted molar refractivity (Wildman–Crippen MR) is 99.9 cm³/mol. The van der Waals surface area contributed by atoms with Crippen LogP contribution in [0.2, 0.25) is 0 Å². The van der Waals surface area contributed by atoms with Crippen LogP contribution in [0.3, 0.4) is 0 Å². The number of carbonyl (C=O) groups is 1. The summed E-state index contributed by atoms with van der Waals surface area (Å²) in [6, 6.07) is 12.7. The smallest absolute Gasteiger partial charge is 0.277 e. The average molecular weight is 440 g/mol. The Hall–Kier alpha value is -2.29. The first-order valence-corrected chi connectivity index (χ1v) is 8.12. The SMILES string of the molecule is COc1ccc(OC)c(C=NNC(=O)COc2ccc(I)cc2)c1. The molecule has 0 saturated heterocycles. The topological polar surface area (TPSA) is 69.2 Å².